The number of nitrogens with one attached hydrogen (secondary N) is 2. The molecule has 2 aromatic rings. The van der Waals surface area contributed by atoms with Gasteiger partial charge >= 0.3 is 10.2 Å². The Morgan fingerprint density at radius 2 is 1.82 bits per heavy atom. The molecule has 1 aromatic heterocycles. The van der Waals surface area contributed by atoms with Crippen molar-refractivity contribution < 1.29 is 38.5 Å². The summed E-state index contributed by atoms with van der Waals surface area (Å²) in [5, 5.41) is 15.5. The Labute approximate surface area is 215 Å². The van der Waals surface area contributed by atoms with E-state index in [1.165, 1.54) is 24.5 Å². The van der Waals surface area contributed by atoms with Crippen LogP contribution >= 0.6 is 10.2 Å². The first-order valence-corrected chi connectivity index (χ1v) is 14.1. The van der Waals surface area contributed by atoms with Gasteiger partial charge in [-0.25, -0.2) is 4.39 Å². The maximum atomic E-state index is 15.3. The summed E-state index contributed by atoms with van der Waals surface area (Å²) >= 11 is 0. The summed E-state index contributed by atoms with van der Waals surface area (Å²) in [6, 6.07) is 0.0198. The van der Waals surface area contributed by atoms with E-state index in [4.69, 9.17) is 0 Å². The van der Waals surface area contributed by atoms with Crippen molar-refractivity contribution in [3.8, 4) is 0 Å². The van der Waals surface area contributed by atoms with Gasteiger partial charge in [-0.2, -0.15) is 0 Å². The number of carbonyl (C=O) groups excluding carboxylic acids is 2. The van der Waals surface area contributed by atoms with E-state index in [0.717, 1.165) is 19.3 Å². The average Bonchev–Trinajstić information content (AvgIpc) is 3.28. The number of carbonyl (C=O) groups is 2. The van der Waals surface area contributed by atoms with Gasteiger partial charge in [0.15, 0.2) is 0 Å². The Bertz CT molecular complexity index is 1200. The van der Waals surface area contributed by atoms with Crippen LogP contribution in [0.15, 0.2) is 47.6 Å². The Balaban J connectivity index is 1.82. The monoisotopic (exact) mass is 566 g/mol. The van der Waals surface area contributed by atoms with Gasteiger partial charge in [0.2, 0.25) is 11.8 Å². The highest BCUT2D eigenvalue weighted by molar-refractivity contribution is 8.45. The quantitative estimate of drug-likeness (QED) is 0.405. The largest absolute Gasteiger partial charge is 0.392 e. The van der Waals surface area contributed by atoms with E-state index < -0.39 is 56.6 Å². The molecule has 1 saturated carbocycles. The number of anilines is 1. The van der Waals surface area contributed by atoms with Gasteiger partial charge in [0, 0.05) is 30.5 Å². The molecular formula is C24H28F6N4O3S. The van der Waals surface area contributed by atoms with Crippen molar-refractivity contribution in [1.82, 2.24) is 15.6 Å². The zero-order valence-electron chi connectivity index (χ0n) is 20.1. The highest BCUT2D eigenvalue weighted by atomic mass is 32.5. The first-order chi connectivity index (χ1) is 17.6. The van der Waals surface area contributed by atoms with Crippen LogP contribution < -0.4 is 15.5 Å². The van der Waals surface area contributed by atoms with Crippen LogP contribution in [0.3, 0.4) is 0 Å². The lowest BCUT2D eigenvalue weighted by Gasteiger charge is -2.41. The van der Waals surface area contributed by atoms with E-state index >= 15 is 4.39 Å². The number of benzene rings is 1. The Morgan fingerprint density at radius 1 is 1.11 bits per heavy atom. The molecule has 2 fully saturated rings. The minimum Gasteiger partial charge on any atom is -0.392 e. The molecule has 2 aliphatic rings. The summed E-state index contributed by atoms with van der Waals surface area (Å²) in [6.45, 7) is 0.0156. The van der Waals surface area contributed by atoms with E-state index in [0.29, 0.717) is 23.8 Å². The van der Waals surface area contributed by atoms with Crippen LogP contribution in [0.2, 0.25) is 0 Å². The molecule has 3 N–H and O–H groups in total. The topological polar surface area (TPSA) is 94.6 Å². The number of pyridine rings is 1. The number of amides is 2. The third-order valence-corrected chi connectivity index (χ3v) is 7.87. The van der Waals surface area contributed by atoms with Gasteiger partial charge in [-0.15, -0.1) is 0 Å². The van der Waals surface area contributed by atoms with Crippen LogP contribution in [0.5, 0.6) is 0 Å². The van der Waals surface area contributed by atoms with E-state index in [1.54, 1.807) is 0 Å². The highest BCUT2D eigenvalue weighted by Gasteiger charge is 2.65. The van der Waals surface area contributed by atoms with Gasteiger partial charge in [0.25, 0.3) is 0 Å². The lowest BCUT2D eigenvalue weighted by molar-refractivity contribution is -0.128. The SMILES string of the molecule is O=C(NC1CCCCC1)C(c1cccnc1)N(C(=O)C1CC(O)CN1)c1ccc(S(F)(F)(F)(F)F)cc1F. The van der Waals surface area contributed by atoms with Crippen LogP contribution in [0.25, 0.3) is 0 Å². The number of nitrogens with zero attached hydrogens (tertiary/aromatic N) is 2. The van der Waals surface area contributed by atoms with Crippen molar-refractivity contribution in [3.63, 3.8) is 0 Å². The van der Waals surface area contributed by atoms with Crippen molar-refractivity contribution in [1.29, 1.82) is 0 Å². The molecule has 4 rings (SSSR count). The summed E-state index contributed by atoms with van der Waals surface area (Å²) in [4.78, 5) is 29.5. The van der Waals surface area contributed by atoms with Crippen LogP contribution in [0.4, 0.5) is 29.5 Å². The van der Waals surface area contributed by atoms with Gasteiger partial charge in [-0.3, -0.25) is 19.5 Å². The maximum absolute atomic E-state index is 15.3. The zero-order chi connectivity index (χ0) is 27.8. The lowest BCUT2D eigenvalue weighted by Crippen LogP contribution is -2.51. The van der Waals surface area contributed by atoms with E-state index in [2.05, 4.69) is 15.6 Å². The van der Waals surface area contributed by atoms with Crippen LogP contribution in [-0.4, -0.2) is 46.6 Å². The molecule has 0 bridgehead atoms. The lowest BCUT2D eigenvalue weighted by atomic mass is 9.94. The van der Waals surface area contributed by atoms with Crippen molar-refractivity contribution >= 4 is 27.7 Å². The number of hydrogen-bond donors (Lipinski definition) is 3. The Kier molecular flexibility index (Phi) is 7.21. The Morgan fingerprint density at radius 3 is 2.37 bits per heavy atom. The molecule has 7 nitrogen and oxygen atoms in total. The number of β-amino-alcohol motifs (C(OH)–C–C–N with tert-alkyl or cyclic N) is 1. The predicted molar refractivity (Wildman–Crippen MR) is 130 cm³/mol. The predicted octanol–water partition coefficient (Wildman–Crippen LogP) is 5.12. The third kappa shape index (κ3) is 6.41. The van der Waals surface area contributed by atoms with Gasteiger partial charge in [-0.1, -0.05) is 44.8 Å². The van der Waals surface area contributed by atoms with Gasteiger partial charge in [0.05, 0.1) is 17.8 Å². The maximum Gasteiger partial charge on any atom is 0.310 e. The number of rotatable bonds is 7. The van der Waals surface area contributed by atoms with Crippen molar-refractivity contribution in [2.24, 2.45) is 0 Å². The number of aliphatic hydroxyl groups excluding tert-OH is 1. The summed E-state index contributed by atoms with van der Waals surface area (Å²) in [5.41, 5.74) is -0.666. The second-order valence-electron chi connectivity index (χ2n) is 9.67. The van der Waals surface area contributed by atoms with Crippen LogP contribution in [0, 0.1) is 5.82 Å². The summed E-state index contributed by atoms with van der Waals surface area (Å²) in [7, 11) is -10.2. The molecule has 38 heavy (non-hydrogen) atoms. The fraction of sp³-hybridized carbons (Fsp3) is 0.458. The van der Waals surface area contributed by atoms with E-state index in [9.17, 15) is 34.1 Å². The molecule has 1 aliphatic heterocycles. The average molecular weight is 567 g/mol. The molecule has 14 heteroatoms. The molecule has 2 amide bonds. The van der Waals surface area contributed by atoms with Crippen molar-refractivity contribution in [2.75, 3.05) is 11.4 Å². The smallest absolute Gasteiger partial charge is 0.310 e. The number of aliphatic hydroxyl groups is 1. The van der Waals surface area contributed by atoms with Gasteiger partial charge < -0.3 is 15.7 Å². The summed E-state index contributed by atoms with van der Waals surface area (Å²) in [6.07, 6.45) is 5.66. The fourth-order valence-electron chi connectivity index (χ4n) is 4.86. The zero-order valence-corrected chi connectivity index (χ0v) is 21.0. The van der Waals surface area contributed by atoms with Crippen molar-refractivity contribution in [3.05, 3.63) is 54.1 Å². The molecule has 1 aliphatic carbocycles. The van der Waals surface area contributed by atoms with Gasteiger partial charge in [0.1, 0.15) is 16.8 Å². The molecule has 1 saturated heterocycles. The molecule has 0 spiro atoms. The fourth-order valence-corrected chi connectivity index (χ4v) is 5.51. The molecule has 1 aromatic carbocycles. The van der Waals surface area contributed by atoms with Crippen LogP contribution in [0.1, 0.15) is 50.1 Å². The van der Waals surface area contributed by atoms with E-state index in [1.807, 2.05) is 0 Å². The molecule has 3 atom stereocenters. The van der Waals surface area contributed by atoms with Crippen molar-refractivity contribution in [2.45, 2.75) is 67.6 Å². The second kappa shape index (κ2) is 9.72. The molecule has 2 heterocycles. The number of hydrogen-bond acceptors (Lipinski definition) is 5. The highest BCUT2D eigenvalue weighted by Crippen LogP contribution is 3.02. The third-order valence-electron chi connectivity index (χ3n) is 6.73. The summed E-state index contributed by atoms with van der Waals surface area (Å²) < 4.78 is 82.1. The minimum absolute atomic E-state index is 0.00346. The van der Waals surface area contributed by atoms with E-state index in [-0.39, 0.29) is 36.7 Å². The standard InChI is InChI=1S/C24H28F6N4O3S/c25-19-12-18(38(26,27,28,29)30)8-9-21(19)34(24(37)20-11-17(35)14-32-20)22(15-5-4-10-31-13-15)23(36)33-16-6-2-1-3-7-16/h4-5,8-10,12-13,16-17,20,22,32,35H,1-3,6-7,11,14H2,(H,33,36). The molecule has 3 unspecified atom stereocenters. The summed E-state index contributed by atoms with van der Waals surface area (Å²) in [5.74, 6) is -3.41. The molecule has 210 valence electrons. The minimum atomic E-state index is -10.2. The molecule has 0 radical (unpaired) electrons. The number of halogens is 6. The number of aromatic nitrogens is 1. The molecular weight excluding hydrogens is 538 g/mol. The van der Waals surface area contributed by atoms with Gasteiger partial charge in [-0.05, 0) is 43.5 Å². The first-order valence-electron chi connectivity index (χ1n) is 12.1. The normalized spacial score (nSPS) is 23.2. The second-order valence-corrected chi connectivity index (χ2v) is 12.1. The first kappa shape index (κ1) is 28.2. The Hall–Kier alpha value is -2.84. The van der Waals surface area contributed by atoms with Crippen LogP contribution in [-0.2, 0) is 9.59 Å².